The predicted molar refractivity (Wildman–Crippen MR) is 76.5 cm³/mol. The van der Waals surface area contributed by atoms with Gasteiger partial charge in [-0.15, -0.1) is 0 Å². The number of halogens is 1. The van der Waals surface area contributed by atoms with Gasteiger partial charge in [-0.25, -0.2) is 4.39 Å². The summed E-state index contributed by atoms with van der Waals surface area (Å²) in [7, 11) is 0. The van der Waals surface area contributed by atoms with Gasteiger partial charge in [0, 0.05) is 24.3 Å². The van der Waals surface area contributed by atoms with E-state index >= 15 is 0 Å². The van der Waals surface area contributed by atoms with Crippen molar-refractivity contribution in [3.05, 3.63) is 29.6 Å². The summed E-state index contributed by atoms with van der Waals surface area (Å²) in [6.07, 6.45) is 3.98. The molecule has 0 saturated heterocycles. The van der Waals surface area contributed by atoms with Crippen molar-refractivity contribution in [2.45, 2.75) is 39.5 Å². The van der Waals surface area contributed by atoms with Gasteiger partial charge in [-0.05, 0) is 31.0 Å². The molecule has 0 atom stereocenters. The summed E-state index contributed by atoms with van der Waals surface area (Å²) < 4.78 is 13.3. The number of carbonyl (C=O) groups is 1. The zero-order valence-corrected chi connectivity index (χ0v) is 11.8. The molecule has 4 heteroatoms. The molecule has 0 aliphatic heterocycles. The summed E-state index contributed by atoms with van der Waals surface area (Å²) in [6.45, 7) is 5.60. The van der Waals surface area contributed by atoms with Crippen molar-refractivity contribution >= 4 is 11.6 Å². The molecule has 0 unspecified atom stereocenters. The molecular weight excluding hydrogens is 243 g/mol. The lowest BCUT2D eigenvalue weighted by Gasteiger charge is -2.22. The Bertz CT molecular complexity index is 392. The van der Waals surface area contributed by atoms with Crippen LogP contribution in [0.1, 0.15) is 49.9 Å². The average Bonchev–Trinajstić information content (AvgIpc) is 2.37. The SMILES string of the molecule is CCCCN(CCCC)C(=O)c1cc(N)cc(F)c1. The Labute approximate surface area is 114 Å². The molecule has 1 rings (SSSR count). The maximum absolute atomic E-state index is 13.3. The molecule has 1 aromatic rings. The Morgan fingerprint density at radius 1 is 1.16 bits per heavy atom. The molecule has 0 radical (unpaired) electrons. The Balaban J connectivity index is 2.84. The van der Waals surface area contributed by atoms with Crippen LogP contribution in [0, 0.1) is 5.82 Å². The molecule has 2 N–H and O–H groups in total. The minimum Gasteiger partial charge on any atom is -0.399 e. The van der Waals surface area contributed by atoms with Gasteiger partial charge in [0.25, 0.3) is 5.91 Å². The quantitative estimate of drug-likeness (QED) is 0.768. The van der Waals surface area contributed by atoms with Crippen LogP contribution in [0.2, 0.25) is 0 Å². The fraction of sp³-hybridized carbons (Fsp3) is 0.533. The predicted octanol–water partition coefficient (Wildman–Crippen LogP) is 3.45. The first-order valence-corrected chi connectivity index (χ1v) is 6.93. The van der Waals surface area contributed by atoms with Gasteiger partial charge in [0.15, 0.2) is 0 Å². The first kappa shape index (κ1) is 15.5. The minimum absolute atomic E-state index is 0.131. The first-order chi connectivity index (χ1) is 9.08. The van der Waals surface area contributed by atoms with E-state index in [4.69, 9.17) is 5.73 Å². The van der Waals surface area contributed by atoms with Crippen LogP contribution in [-0.4, -0.2) is 23.9 Å². The summed E-state index contributed by atoms with van der Waals surface area (Å²) in [5.74, 6) is -0.595. The van der Waals surface area contributed by atoms with E-state index in [-0.39, 0.29) is 11.6 Å². The third kappa shape index (κ3) is 4.89. The van der Waals surface area contributed by atoms with E-state index in [0.717, 1.165) is 25.7 Å². The molecule has 0 aromatic heterocycles. The van der Waals surface area contributed by atoms with Crippen molar-refractivity contribution in [1.29, 1.82) is 0 Å². The Morgan fingerprint density at radius 3 is 2.21 bits per heavy atom. The third-order valence-electron chi connectivity index (χ3n) is 3.02. The molecular formula is C15H23FN2O. The summed E-state index contributed by atoms with van der Waals surface area (Å²) in [5.41, 5.74) is 6.21. The van der Waals surface area contributed by atoms with Gasteiger partial charge < -0.3 is 10.6 Å². The van der Waals surface area contributed by atoms with Crippen molar-refractivity contribution in [1.82, 2.24) is 4.90 Å². The number of anilines is 1. The lowest BCUT2D eigenvalue weighted by atomic mass is 10.1. The van der Waals surface area contributed by atoms with E-state index in [9.17, 15) is 9.18 Å². The van der Waals surface area contributed by atoms with Gasteiger partial charge in [-0.2, -0.15) is 0 Å². The molecule has 0 aliphatic rings. The van der Waals surface area contributed by atoms with Crippen LogP contribution in [0.4, 0.5) is 10.1 Å². The summed E-state index contributed by atoms with van der Waals surface area (Å²) in [6, 6.07) is 4.01. The first-order valence-electron chi connectivity index (χ1n) is 6.93. The zero-order valence-electron chi connectivity index (χ0n) is 11.8. The van der Waals surface area contributed by atoms with Gasteiger partial charge in [0.2, 0.25) is 0 Å². The normalized spacial score (nSPS) is 10.5. The van der Waals surface area contributed by atoms with Crippen LogP contribution < -0.4 is 5.73 Å². The van der Waals surface area contributed by atoms with Gasteiger partial charge in [-0.3, -0.25) is 4.79 Å². The monoisotopic (exact) mass is 266 g/mol. The van der Waals surface area contributed by atoms with Gasteiger partial charge in [0.1, 0.15) is 5.82 Å². The summed E-state index contributed by atoms with van der Waals surface area (Å²) >= 11 is 0. The van der Waals surface area contributed by atoms with E-state index in [1.807, 2.05) is 0 Å². The number of nitrogen functional groups attached to an aromatic ring is 1. The number of hydrogen-bond acceptors (Lipinski definition) is 2. The number of amides is 1. The minimum atomic E-state index is -0.464. The largest absolute Gasteiger partial charge is 0.399 e. The molecule has 0 heterocycles. The van der Waals surface area contributed by atoms with E-state index in [1.54, 1.807) is 4.90 Å². The van der Waals surface area contributed by atoms with Crippen LogP contribution in [0.3, 0.4) is 0 Å². The number of nitrogens with zero attached hydrogens (tertiary/aromatic N) is 1. The summed E-state index contributed by atoms with van der Waals surface area (Å²) in [5, 5.41) is 0. The number of benzene rings is 1. The van der Waals surface area contributed by atoms with Crippen LogP contribution in [0.15, 0.2) is 18.2 Å². The van der Waals surface area contributed by atoms with Crippen molar-refractivity contribution in [3.63, 3.8) is 0 Å². The molecule has 0 fully saturated rings. The highest BCUT2D eigenvalue weighted by Crippen LogP contribution is 2.14. The lowest BCUT2D eigenvalue weighted by Crippen LogP contribution is -2.33. The fourth-order valence-corrected chi connectivity index (χ4v) is 1.93. The maximum atomic E-state index is 13.3. The van der Waals surface area contributed by atoms with Crippen molar-refractivity contribution < 1.29 is 9.18 Å². The van der Waals surface area contributed by atoms with E-state index < -0.39 is 5.82 Å². The molecule has 0 saturated carbocycles. The molecule has 0 spiro atoms. The molecule has 1 aromatic carbocycles. The molecule has 0 bridgehead atoms. The highest BCUT2D eigenvalue weighted by atomic mass is 19.1. The van der Waals surface area contributed by atoms with Crippen molar-refractivity contribution in [2.24, 2.45) is 0 Å². The Hall–Kier alpha value is -1.58. The van der Waals surface area contributed by atoms with Crippen molar-refractivity contribution in [2.75, 3.05) is 18.8 Å². The molecule has 1 amide bonds. The second kappa shape index (κ2) is 7.77. The van der Waals surface area contributed by atoms with E-state index in [1.165, 1.54) is 18.2 Å². The topological polar surface area (TPSA) is 46.3 Å². The maximum Gasteiger partial charge on any atom is 0.254 e. The number of carbonyl (C=O) groups excluding carboxylic acids is 1. The third-order valence-corrected chi connectivity index (χ3v) is 3.02. The van der Waals surface area contributed by atoms with Crippen LogP contribution in [0.5, 0.6) is 0 Å². The smallest absolute Gasteiger partial charge is 0.254 e. The highest BCUT2D eigenvalue weighted by Gasteiger charge is 2.16. The Morgan fingerprint density at radius 2 is 1.74 bits per heavy atom. The Kier molecular flexibility index (Phi) is 6.33. The van der Waals surface area contributed by atoms with Gasteiger partial charge in [0.05, 0.1) is 0 Å². The number of rotatable bonds is 7. The molecule has 106 valence electrons. The van der Waals surface area contributed by atoms with E-state index in [2.05, 4.69) is 13.8 Å². The van der Waals surface area contributed by atoms with Crippen LogP contribution >= 0.6 is 0 Å². The average molecular weight is 266 g/mol. The molecule has 0 aliphatic carbocycles. The number of hydrogen-bond donors (Lipinski definition) is 1. The molecule has 19 heavy (non-hydrogen) atoms. The number of unbranched alkanes of at least 4 members (excludes halogenated alkanes) is 2. The van der Waals surface area contributed by atoms with E-state index in [0.29, 0.717) is 18.7 Å². The second-order valence-corrected chi connectivity index (χ2v) is 4.77. The van der Waals surface area contributed by atoms with Gasteiger partial charge >= 0.3 is 0 Å². The van der Waals surface area contributed by atoms with Gasteiger partial charge in [-0.1, -0.05) is 26.7 Å². The number of nitrogens with two attached hydrogens (primary N) is 1. The molecule has 3 nitrogen and oxygen atoms in total. The van der Waals surface area contributed by atoms with Crippen molar-refractivity contribution in [3.8, 4) is 0 Å². The van der Waals surface area contributed by atoms with Crippen LogP contribution in [0.25, 0.3) is 0 Å². The highest BCUT2D eigenvalue weighted by molar-refractivity contribution is 5.95. The second-order valence-electron chi connectivity index (χ2n) is 4.77. The standard InChI is InChI=1S/C15H23FN2O/c1-3-5-7-18(8-6-4-2)15(19)12-9-13(16)11-14(17)10-12/h9-11H,3-8,17H2,1-2H3. The van der Waals surface area contributed by atoms with Crippen LogP contribution in [-0.2, 0) is 0 Å². The lowest BCUT2D eigenvalue weighted by molar-refractivity contribution is 0.0750. The fourth-order valence-electron chi connectivity index (χ4n) is 1.93. The summed E-state index contributed by atoms with van der Waals surface area (Å²) in [4.78, 5) is 14.2. The zero-order chi connectivity index (χ0) is 14.3.